The molecule has 66 valence electrons. The summed E-state index contributed by atoms with van der Waals surface area (Å²) in [6.07, 6.45) is 1.09. The number of aromatic carboxylic acids is 1. The summed E-state index contributed by atoms with van der Waals surface area (Å²) in [5.74, 6) is -1.24. The van der Waals surface area contributed by atoms with Gasteiger partial charge in [-0.05, 0) is 0 Å². The van der Waals surface area contributed by atoms with Gasteiger partial charge in [0.2, 0.25) is 0 Å². The Bertz CT molecular complexity index is 284. The molecule has 0 fully saturated rings. The fourth-order valence-corrected chi connectivity index (χ4v) is 0.997. The number of rotatable bonds is 1. The van der Waals surface area contributed by atoms with Gasteiger partial charge in [0.15, 0.2) is 0 Å². The lowest BCUT2D eigenvalue weighted by Crippen LogP contribution is -2.01. The Morgan fingerprint density at radius 2 is 1.75 bits per heavy atom. The van der Waals surface area contributed by atoms with Crippen LogP contribution < -0.4 is 0 Å². The van der Waals surface area contributed by atoms with Gasteiger partial charge in [0, 0.05) is 0 Å². The first-order valence-corrected chi connectivity index (χ1v) is 3.28. The Balaban J connectivity index is 0.00000121. The first-order valence-electron chi connectivity index (χ1n) is 2.52. The third-order valence-electron chi connectivity index (χ3n) is 0.969. The van der Waals surface area contributed by atoms with Crippen LogP contribution in [0.25, 0.3) is 0 Å². The molecule has 0 amide bonds. The standard InChI is InChI=1S/C5H2Cl2N2O2.ClH/c6-3-2(5(10)11)4(7)9-1-8-3;/h1H,(H,10,11);1H. The van der Waals surface area contributed by atoms with Crippen LogP contribution in [0.5, 0.6) is 0 Å². The first kappa shape index (κ1) is 11.4. The molecule has 0 unspecified atom stereocenters. The molecule has 4 nitrogen and oxygen atoms in total. The molecule has 1 heterocycles. The Morgan fingerprint density at radius 3 is 2.00 bits per heavy atom. The number of aromatic nitrogens is 2. The minimum atomic E-state index is -1.24. The van der Waals surface area contributed by atoms with E-state index in [0.29, 0.717) is 0 Å². The molecule has 0 saturated heterocycles. The lowest BCUT2D eigenvalue weighted by Gasteiger charge is -1.96. The number of carboxylic acids is 1. The summed E-state index contributed by atoms with van der Waals surface area (Å²) >= 11 is 10.8. The van der Waals surface area contributed by atoms with Crippen LogP contribution in [-0.2, 0) is 0 Å². The fourth-order valence-electron chi connectivity index (χ4n) is 0.521. The van der Waals surface area contributed by atoms with E-state index in [1.807, 2.05) is 0 Å². The Labute approximate surface area is 84.0 Å². The second kappa shape index (κ2) is 4.45. The number of nitrogens with zero attached hydrogens (tertiary/aromatic N) is 2. The topological polar surface area (TPSA) is 63.1 Å². The molecule has 0 bridgehead atoms. The normalized spacial score (nSPS) is 8.83. The highest BCUT2D eigenvalue weighted by Crippen LogP contribution is 2.18. The zero-order valence-electron chi connectivity index (χ0n) is 5.49. The van der Waals surface area contributed by atoms with Gasteiger partial charge in [0.25, 0.3) is 0 Å². The molecular weight excluding hydrogens is 226 g/mol. The molecule has 1 rings (SSSR count). The fraction of sp³-hybridized carbons (Fsp3) is 0. The van der Waals surface area contributed by atoms with E-state index < -0.39 is 5.97 Å². The zero-order valence-corrected chi connectivity index (χ0v) is 7.82. The van der Waals surface area contributed by atoms with Gasteiger partial charge in [0.05, 0.1) is 0 Å². The minimum Gasteiger partial charge on any atom is -0.477 e. The summed E-state index contributed by atoms with van der Waals surface area (Å²) in [6, 6.07) is 0. The van der Waals surface area contributed by atoms with Gasteiger partial charge in [0.1, 0.15) is 22.2 Å². The zero-order chi connectivity index (χ0) is 8.43. The lowest BCUT2D eigenvalue weighted by molar-refractivity contribution is 0.0696. The predicted octanol–water partition coefficient (Wildman–Crippen LogP) is 1.90. The van der Waals surface area contributed by atoms with Gasteiger partial charge in [-0.1, -0.05) is 23.2 Å². The van der Waals surface area contributed by atoms with Crippen molar-refractivity contribution in [2.75, 3.05) is 0 Å². The average molecular weight is 229 g/mol. The summed E-state index contributed by atoms with van der Waals surface area (Å²) in [5, 5.41) is 8.19. The molecule has 0 aliphatic rings. The van der Waals surface area contributed by atoms with Crippen LogP contribution in [0, 0.1) is 0 Å². The molecule has 0 spiro atoms. The van der Waals surface area contributed by atoms with Crippen LogP contribution in [0.3, 0.4) is 0 Å². The molecule has 1 N–H and O–H groups in total. The number of hydrogen-bond donors (Lipinski definition) is 1. The van der Waals surface area contributed by atoms with Crippen molar-refractivity contribution in [1.29, 1.82) is 0 Å². The van der Waals surface area contributed by atoms with E-state index in [0.717, 1.165) is 6.33 Å². The van der Waals surface area contributed by atoms with Gasteiger partial charge in [-0.15, -0.1) is 12.4 Å². The van der Waals surface area contributed by atoms with Gasteiger partial charge >= 0.3 is 5.97 Å². The molecule has 0 aliphatic carbocycles. The number of carbonyl (C=O) groups is 1. The molecule has 0 aliphatic heterocycles. The van der Waals surface area contributed by atoms with E-state index in [1.54, 1.807) is 0 Å². The molecule has 7 heteroatoms. The van der Waals surface area contributed by atoms with Gasteiger partial charge < -0.3 is 5.11 Å². The van der Waals surface area contributed by atoms with Crippen LogP contribution in [0.4, 0.5) is 0 Å². The molecule has 12 heavy (non-hydrogen) atoms. The van der Waals surface area contributed by atoms with Gasteiger partial charge in [-0.2, -0.15) is 0 Å². The molecule has 0 atom stereocenters. The first-order chi connectivity index (χ1) is 5.13. The highest BCUT2D eigenvalue weighted by Gasteiger charge is 2.14. The maximum atomic E-state index is 10.4. The van der Waals surface area contributed by atoms with Gasteiger partial charge in [-0.3, -0.25) is 0 Å². The van der Waals surface area contributed by atoms with Crippen LogP contribution in [0.2, 0.25) is 10.3 Å². The molecule has 0 aromatic carbocycles. The van der Waals surface area contributed by atoms with Crippen molar-refractivity contribution >= 4 is 41.6 Å². The highest BCUT2D eigenvalue weighted by atomic mass is 35.5. The summed E-state index contributed by atoms with van der Waals surface area (Å²) in [6.45, 7) is 0. The van der Waals surface area contributed by atoms with E-state index in [2.05, 4.69) is 9.97 Å². The summed E-state index contributed by atoms with van der Waals surface area (Å²) in [4.78, 5) is 17.3. The lowest BCUT2D eigenvalue weighted by atomic mass is 10.3. The smallest absolute Gasteiger partial charge is 0.342 e. The molecule has 0 saturated carbocycles. The molecule has 0 radical (unpaired) electrons. The minimum absolute atomic E-state index is 0. The highest BCUT2D eigenvalue weighted by molar-refractivity contribution is 6.37. The second-order valence-electron chi connectivity index (χ2n) is 1.64. The Hall–Kier alpha value is -0.580. The largest absolute Gasteiger partial charge is 0.477 e. The van der Waals surface area contributed by atoms with Crippen molar-refractivity contribution in [3.63, 3.8) is 0 Å². The molecule has 1 aromatic rings. The number of halogens is 3. The van der Waals surface area contributed by atoms with Crippen molar-refractivity contribution in [3.05, 3.63) is 22.2 Å². The van der Waals surface area contributed by atoms with Crippen molar-refractivity contribution in [2.45, 2.75) is 0 Å². The SMILES string of the molecule is Cl.O=C(O)c1c(Cl)ncnc1Cl. The number of hydrogen-bond acceptors (Lipinski definition) is 3. The van der Waals surface area contributed by atoms with E-state index >= 15 is 0 Å². The summed E-state index contributed by atoms with van der Waals surface area (Å²) in [7, 11) is 0. The van der Waals surface area contributed by atoms with E-state index in [1.165, 1.54) is 0 Å². The Morgan fingerprint density at radius 1 is 1.33 bits per heavy atom. The molecular formula is C5H3Cl3N2O2. The van der Waals surface area contributed by atoms with E-state index in [9.17, 15) is 4.79 Å². The number of carboxylic acid groups (broad SMARTS) is 1. The van der Waals surface area contributed by atoms with E-state index in [-0.39, 0.29) is 28.3 Å². The van der Waals surface area contributed by atoms with Crippen LogP contribution in [-0.4, -0.2) is 21.0 Å². The van der Waals surface area contributed by atoms with Crippen LogP contribution in [0.15, 0.2) is 6.33 Å². The van der Waals surface area contributed by atoms with Crippen molar-refractivity contribution in [3.8, 4) is 0 Å². The molecule has 1 aromatic heterocycles. The van der Waals surface area contributed by atoms with Gasteiger partial charge in [-0.25, -0.2) is 14.8 Å². The van der Waals surface area contributed by atoms with Crippen LogP contribution >= 0.6 is 35.6 Å². The third kappa shape index (κ3) is 2.20. The maximum Gasteiger partial charge on any atom is 0.342 e. The third-order valence-corrected chi connectivity index (χ3v) is 1.54. The van der Waals surface area contributed by atoms with Crippen LogP contribution in [0.1, 0.15) is 10.4 Å². The summed E-state index contributed by atoms with van der Waals surface area (Å²) < 4.78 is 0. The predicted molar refractivity (Wildman–Crippen MR) is 46.3 cm³/mol. The Kier molecular flexibility index (Phi) is 4.23. The monoisotopic (exact) mass is 228 g/mol. The van der Waals surface area contributed by atoms with E-state index in [4.69, 9.17) is 28.3 Å². The average Bonchev–Trinajstić information content (AvgIpc) is 1.85. The van der Waals surface area contributed by atoms with Crippen molar-refractivity contribution in [1.82, 2.24) is 9.97 Å². The maximum absolute atomic E-state index is 10.4. The van der Waals surface area contributed by atoms with Crippen molar-refractivity contribution in [2.24, 2.45) is 0 Å². The van der Waals surface area contributed by atoms with Crippen molar-refractivity contribution < 1.29 is 9.90 Å². The summed E-state index contributed by atoms with van der Waals surface area (Å²) in [5.41, 5.74) is -0.268. The quantitative estimate of drug-likeness (QED) is 0.747. The second-order valence-corrected chi connectivity index (χ2v) is 2.35.